The fourth-order valence-electron chi connectivity index (χ4n) is 4.70. The predicted octanol–water partition coefficient (Wildman–Crippen LogP) is 2.28. The van der Waals surface area contributed by atoms with E-state index in [-0.39, 0.29) is 77.3 Å². The lowest BCUT2D eigenvalue weighted by molar-refractivity contribution is 0.0980. The first-order valence-electron chi connectivity index (χ1n) is 13.3. The van der Waals surface area contributed by atoms with Gasteiger partial charge in [0.05, 0.1) is 48.0 Å². The van der Waals surface area contributed by atoms with Crippen molar-refractivity contribution in [1.82, 2.24) is 15.0 Å². The standard InChI is InChI=1S/C27H24ClN7O10S2/c28-25-33-26(30-7-9-45-10-8-36)35-27(34-25)32-16-11-13(5-6-18(16)46(39,40)41)31-17-12-19(47(42,43)44)22(29)21-20(17)23(37)14-3-1-2-4-15(14)24(21)38/h1-6,11-12,31,36H,7-10,29H2,(H,39,40,41)(H,42,43,44)(H2,30,32,33,34,35). The zero-order chi connectivity index (χ0) is 34.1. The number of rotatable bonds is 12. The molecule has 1 aromatic heterocycles. The third kappa shape index (κ3) is 7.15. The number of nitrogen functional groups attached to an aromatic ring is 1. The Kier molecular flexibility index (Phi) is 9.41. The minimum Gasteiger partial charge on any atom is -0.397 e. The third-order valence-electron chi connectivity index (χ3n) is 6.63. The van der Waals surface area contributed by atoms with Crippen LogP contribution in [0.3, 0.4) is 0 Å². The zero-order valence-electron chi connectivity index (χ0n) is 23.8. The fourth-order valence-corrected chi connectivity index (χ4v) is 6.13. The third-order valence-corrected chi connectivity index (χ3v) is 8.61. The Labute approximate surface area is 271 Å². The Morgan fingerprint density at radius 2 is 1.43 bits per heavy atom. The van der Waals surface area contributed by atoms with Crippen molar-refractivity contribution in [1.29, 1.82) is 0 Å². The lowest BCUT2D eigenvalue weighted by Gasteiger charge is -2.24. The molecule has 0 spiro atoms. The second-order valence-corrected chi connectivity index (χ2v) is 12.8. The second-order valence-electron chi connectivity index (χ2n) is 9.72. The summed E-state index contributed by atoms with van der Waals surface area (Å²) in [5.41, 5.74) is 4.06. The number of halogens is 1. The molecule has 17 nitrogen and oxygen atoms in total. The molecule has 0 fully saturated rings. The van der Waals surface area contributed by atoms with Gasteiger partial charge in [-0.1, -0.05) is 24.3 Å². The highest BCUT2D eigenvalue weighted by molar-refractivity contribution is 7.86. The number of nitrogens with zero attached hydrogens (tertiary/aromatic N) is 3. The monoisotopic (exact) mass is 705 g/mol. The van der Waals surface area contributed by atoms with Crippen molar-refractivity contribution in [2.75, 3.05) is 48.0 Å². The first kappa shape index (κ1) is 33.6. The summed E-state index contributed by atoms with van der Waals surface area (Å²) in [5.74, 6) is -1.73. The normalized spacial score (nSPS) is 12.8. The number of carbonyl (C=O) groups excluding carboxylic acids is 2. The number of aromatic nitrogens is 3. The van der Waals surface area contributed by atoms with Gasteiger partial charge in [-0.25, -0.2) is 0 Å². The minimum atomic E-state index is -5.01. The van der Waals surface area contributed by atoms with Gasteiger partial charge in [0.1, 0.15) is 9.79 Å². The molecule has 8 N–H and O–H groups in total. The number of hydrogen-bond donors (Lipinski definition) is 7. The van der Waals surface area contributed by atoms with E-state index >= 15 is 0 Å². The van der Waals surface area contributed by atoms with Gasteiger partial charge in [0.2, 0.25) is 17.2 Å². The van der Waals surface area contributed by atoms with Gasteiger partial charge in [-0.3, -0.25) is 18.7 Å². The molecule has 0 unspecified atom stereocenters. The van der Waals surface area contributed by atoms with Crippen LogP contribution in [0, 0.1) is 0 Å². The Balaban J connectivity index is 1.57. The summed E-state index contributed by atoms with van der Waals surface area (Å²) >= 11 is 6.01. The first-order chi connectivity index (χ1) is 22.2. The Morgan fingerprint density at radius 1 is 0.787 bits per heavy atom. The summed E-state index contributed by atoms with van der Waals surface area (Å²) in [6, 6.07) is 9.98. The van der Waals surface area contributed by atoms with Crippen molar-refractivity contribution >= 4 is 78.0 Å². The van der Waals surface area contributed by atoms with Crippen molar-refractivity contribution in [3.63, 3.8) is 0 Å². The summed E-state index contributed by atoms with van der Waals surface area (Å²) in [6.07, 6.45) is 0. The topological polar surface area (TPSA) is 273 Å². The second kappa shape index (κ2) is 13.2. The SMILES string of the molecule is Nc1c(S(=O)(=O)O)cc(Nc2ccc(S(=O)(=O)O)c(Nc3nc(Cl)nc(NCCOCCO)n3)c2)c2c1C(=O)c1ccccc1C2=O. The smallest absolute Gasteiger partial charge is 0.296 e. The number of carbonyl (C=O) groups is 2. The fraction of sp³-hybridized carbons (Fsp3) is 0.148. The van der Waals surface area contributed by atoms with E-state index in [1.807, 2.05) is 0 Å². The number of anilines is 6. The van der Waals surface area contributed by atoms with Gasteiger partial charge in [-0.2, -0.15) is 31.8 Å². The van der Waals surface area contributed by atoms with E-state index in [1.165, 1.54) is 30.3 Å². The molecule has 4 aromatic rings. The Hall–Kier alpha value is -4.76. The van der Waals surface area contributed by atoms with Gasteiger partial charge in [-0.05, 0) is 35.9 Å². The van der Waals surface area contributed by atoms with Crippen LogP contribution in [0.25, 0.3) is 0 Å². The minimum absolute atomic E-state index is 0.00630. The number of nitrogens with one attached hydrogen (secondary N) is 3. The highest BCUT2D eigenvalue weighted by atomic mass is 35.5. The van der Waals surface area contributed by atoms with Crippen molar-refractivity contribution in [2.45, 2.75) is 9.79 Å². The highest BCUT2D eigenvalue weighted by Crippen LogP contribution is 2.40. The number of ether oxygens (including phenoxy) is 1. The Morgan fingerprint density at radius 3 is 2.06 bits per heavy atom. The molecule has 246 valence electrons. The maximum atomic E-state index is 13.6. The van der Waals surface area contributed by atoms with E-state index in [4.69, 9.17) is 27.2 Å². The largest absolute Gasteiger partial charge is 0.397 e. The maximum absolute atomic E-state index is 13.6. The average Bonchev–Trinajstić information content (AvgIpc) is 2.99. The lowest BCUT2D eigenvalue weighted by atomic mass is 9.82. The molecule has 1 aliphatic carbocycles. The van der Waals surface area contributed by atoms with E-state index in [0.29, 0.717) is 0 Å². The Bertz CT molecular complexity index is 2150. The molecule has 0 aliphatic heterocycles. The van der Waals surface area contributed by atoms with Crippen LogP contribution in [-0.2, 0) is 25.0 Å². The molecule has 1 heterocycles. The van der Waals surface area contributed by atoms with Crippen LogP contribution in [-0.4, -0.2) is 83.9 Å². The van der Waals surface area contributed by atoms with Gasteiger partial charge in [-0.15, -0.1) is 0 Å². The van der Waals surface area contributed by atoms with E-state index < -0.39 is 52.8 Å². The summed E-state index contributed by atoms with van der Waals surface area (Å²) in [4.78, 5) is 37.5. The molecule has 0 saturated carbocycles. The molecule has 5 rings (SSSR count). The molecule has 0 saturated heterocycles. The zero-order valence-corrected chi connectivity index (χ0v) is 26.1. The van der Waals surface area contributed by atoms with Crippen molar-refractivity contribution in [3.05, 3.63) is 76.1 Å². The van der Waals surface area contributed by atoms with Crippen molar-refractivity contribution in [3.8, 4) is 0 Å². The number of fused-ring (bicyclic) bond motifs is 2. The summed E-state index contributed by atoms with van der Waals surface area (Å²) in [7, 11) is -9.86. The van der Waals surface area contributed by atoms with Crippen LogP contribution in [0.2, 0.25) is 5.28 Å². The van der Waals surface area contributed by atoms with Gasteiger partial charge in [0.25, 0.3) is 20.2 Å². The quantitative estimate of drug-likeness (QED) is 0.0557. The van der Waals surface area contributed by atoms with Gasteiger partial charge >= 0.3 is 0 Å². The highest BCUT2D eigenvalue weighted by Gasteiger charge is 2.36. The van der Waals surface area contributed by atoms with E-state index in [0.717, 1.165) is 18.2 Å². The van der Waals surface area contributed by atoms with Crippen molar-refractivity contribution in [2.24, 2.45) is 0 Å². The maximum Gasteiger partial charge on any atom is 0.296 e. The summed E-state index contributed by atoms with van der Waals surface area (Å²) in [5, 5.41) is 16.7. The average molecular weight is 706 g/mol. The van der Waals surface area contributed by atoms with E-state index in [1.54, 1.807) is 0 Å². The van der Waals surface area contributed by atoms with Gasteiger partial charge in [0.15, 0.2) is 11.6 Å². The van der Waals surface area contributed by atoms with Crippen LogP contribution >= 0.6 is 11.6 Å². The van der Waals surface area contributed by atoms with Crippen LogP contribution < -0.4 is 21.7 Å². The lowest BCUT2D eigenvalue weighted by Crippen LogP contribution is -2.25. The van der Waals surface area contributed by atoms with E-state index in [2.05, 4.69) is 30.9 Å². The molecule has 3 aromatic carbocycles. The first-order valence-corrected chi connectivity index (χ1v) is 16.6. The molecule has 0 bridgehead atoms. The van der Waals surface area contributed by atoms with Crippen LogP contribution in [0.15, 0.2) is 58.3 Å². The summed E-state index contributed by atoms with van der Waals surface area (Å²) in [6.45, 7) is 0.337. The molecule has 0 amide bonds. The summed E-state index contributed by atoms with van der Waals surface area (Å²) < 4.78 is 73.9. The number of nitrogens with two attached hydrogens (primary N) is 1. The van der Waals surface area contributed by atoms with E-state index in [9.17, 15) is 35.5 Å². The number of benzene rings is 3. The number of hydrogen-bond acceptors (Lipinski definition) is 15. The molecular formula is C27H24ClN7O10S2. The van der Waals surface area contributed by atoms with Crippen LogP contribution in [0.4, 0.5) is 34.6 Å². The molecule has 0 atom stereocenters. The van der Waals surface area contributed by atoms with Crippen molar-refractivity contribution < 1.29 is 45.4 Å². The number of aliphatic hydroxyl groups excluding tert-OH is 1. The van der Waals surface area contributed by atoms with Gasteiger partial charge < -0.3 is 31.5 Å². The van der Waals surface area contributed by atoms with Crippen LogP contribution in [0.1, 0.15) is 31.8 Å². The van der Waals surface area contributed by atoms with Crippen LogP contribution in [0.5, 0.6) is 0 Å². The molecule has 1 aliphatic rings. The molecule has 47 heavy (non-hydrogen) atoms. The molecule has 0 radical (unpaired) electrons. The molecule has 20 heteroatoms. The van der Waals surface area contributed by atoms with Gasteiger partial charge in [0, 0.05) is 23.4 Å². The predicted molar refractivity (Wildman–Crippen MR) is 168 cm³/mol. The number of aliphatic hydroxyl groups is 1. The number of ketones is 2. The molecular weight excluding hydrogens is 682 g/mol.